The van der Waals surface area contributed by atoms with Crippen LogP contribution in [0.2, 0.25) is 0 Å². The molecule has 0 aromatic heterocycles. The van der Waals surface area contributed by atoms with Gasteiger partial charge in [-0.25, -0.2) is 0 Å². The van der Waals surface area contributed by atoms with Crippen LogP contribution in [0.25, 0.3) is 16.8 Å². The highest BCUT2D eigenvalue weighted by molar-refractivity contribution is 5.93. The Hall–Kier alpha value is -3.54. The average molecular weight is 391 g/mol. The molecule has 4 rings (SSSR count). The lowest BCUT2D eigenvalue weighted by Crippen LogP contribution is -2.20. The van der Waals surface area contributed by atoms with E-state index in [-0.39, 0.29) is 10.6 Å². The molecule has 0 radical (unpaired) electrons. The molecule has 0 amide bonds. The molecular weight excluding hydrogens is 370 g/mol. The number of benzene rings is 3. The predicted molar refractivity (Wildman–Crippen MR) is 111 cm³/mol. The van der Waals surface area contributed by atoms with Crippen LogP contribution in [-0.2, 0) is 0 Å². The van der Waals surface area contributed by atoms with Crippen molar-refractivity contribution in [2.24, 2.45) is 0 Å². The Balaban J connectivity index is 1.81. The first-order valence-electron chi connectivity index (χ1n) is 9.56. The molecule has 1 aliphatic rings. The Morgan fingerprint density at radius 3 is 2.52 bits per heavy atom. The molecule has 1 heterocycles. The zero-order chi connectivity index (χ0) is 20.4. The highest BCUT2D eigenvalue weighted by Crippen LogP contribution is 2.42. The Bertz CT molecular complexity index is 1110. The van der Waals surface area contributed by atoms with Gasteiger partial charge >= 0.3 is 0 Å². The van der Waals surface area contributed by atoms with Gasteiger partial charge in [-0.1, -0.05) is 36.4 Å². The van der Waals surface area contributed by atoms with Crippen molar-refractivity contribution in [3.63, 3.8) is 0 Å². The molecule has 29 heavy (non-hydrogen) atoms. The second kappa shape index (κ2) is 7.83. The average Bonchev–Trinajstić information content (AvgIpc) is 2.74. The molecule has 0 fully saturated rings. The monoisotopic (exact) mass is 391 g/mol. The zero-order valence-electron chi connectivity index (χ0n) is 16.3. The molecule has 0 saturated carbocycles. The molecule has 3 aromatic rings. The van der Waals surface area contributed by atoms with Crippen molar-refractivity contribution in [2.45, 2.75) is 20.0 Å². The van der Waals surface area contributed by atoms with Gasteiger partial charge in [-0.3, -0.25) is 10.1 Å². The predicted octanol–water partition coefficient (Wildman–Crippen LogP) is 5.39. The van der Waals surface area contributed by atoms with Crippen LogP contribution in [0.4, 0.5) is 0 Å². The van der Waals surface area contributed by atoms with E-state index in [9.17, 15) is 10.1 Å². The number of nitrogens with zero attached hydrogens (tertiary/aromatic N) is 1. The van der Waals surface area contributed by atoms with E-state index >= 15 is 0 Å². The van der Waals surface area contributed by atoms with Crippen LogP contribution >= 0.6 is 0 Å². The summed E-state index contributed by atoms with van der Waals surface area (Å²) in [7, 11) is 0. The number of fused-ring (bicyclic) bond motifs is 3. The summed E-state index contributed by atoms with van der Waals surface area (Å²) in [6.07, 6.45) is 0.774. The Morgan fingerprint density at radius 2 is 1.76 bits per heavy atom. The highest BCUT2D eigenvalue weighted by atomic mass is 16.6. The minimum absolute atomic E-state index is 0.0135. The van der Waals surface area contributed by atoms with Gasteiger partial charge < -0.3 is 14.2 Å². The largest absolute Gasteiger partial charge is 0.490 e. The molecule has 0 spiro atoms. The van der Waals surface area contributed by atoms with Gasteiger partial charge in [0.15, 0.2) is 11.5 Å². The van der Waals surface area contributed by atoms with Gasteiger partial charge in [-0.15, -0.1) is 0 Å². The topological polar surface area (TPSA) is 70.8 Å². The number of rotatable bonds is 6. The van der Waals surface area contributed by atoms with Gasteiger partial charge in [-0.05, 0) is 42.8 Å². The Labute approximate surface area is 168 Å². The lowest BCUT2D eigenvalue weighted by molar-refractivity contribution is -0.434. The van der Waals surface area contributed by atoms with E-state index in [1.165, 1.54) is 0 Å². The first kappa shape index (κ1) is 18.8. The van der Waals surface area contributed by atoms with Crippen molar-refractivity contribution in [1.29, 1.82) is 0 Å². The third-order valence-electron chi connectivity index (χ3n) is 4.82. The van der Waals surface area contributed by atoms with Crippen molar-refractivity contribution in [1.82, 2.24) is 0 Å². The Kier molecular flexibility index (Phi) is 5.08. The minimum atomic E-state index is -0.839. The molecule has 0 unspecified atom stereocenters. The molecule has 3 aromatic carbocycles. The van der Waals surface area contributed by atoms with Gasteiger partial charge in [0.25, 0.3) is 5.70 Å². The number of ether oxygens (including phenoxy) is 3. The second-order valence-corrected chi connectivity index (χ2v) is 6.59. The van der Waals surface area contributed by atoms with Gasteiger partial charge in [0.1, 0.15) is 5.75 Å². The van der Waals surface area contributed by atoms with Gasteiger partial charge in [-0.2, -0.15) is 0 Å². The molecule has 0 N–H and O–H groups in total. The summed E-state index contributed by atoms with van der Waals surface area (Å²) in [4.78, 5) is 11.5. The van der Waals surface area contributed by atoms with Crippen LogP contribution < -0.4 is 14.2 Å². The number of nitro groups is 1. The van der Waals surface area contributed by atoms with Crippen molar-refractivity contribution in [2.75, 3.05) is 13.2 Å². The van der Waals surface area contributed by atoms with E-state index in [1.807, 2.05) is 50.2 Å². The summed E-state index contributed by atoms with van der Waals surface area (Å²) in [5, 5.41) is 13.8. The van der Waals surface area contributed by atoms with E-state index in [2.05, 4.69) is 0 Å². The lowest BCUT2D eigenvalue weighted by atomic mass is 9.97. The van der Waals surface area contributed by atoms with Crippen LogP contribution in [0.3, 0.4) is 0 Å². The van der Waals surface area contributed by atoms with E-state index < -0.39 is 6.10 Å². The fourth-order valence-corrected chi connectivity index (χ4v) is 3.56. The van der Waals surface area contributed by atoms with E-state index in [1.54, 1.807) is 24.3 Å². The molecular formula is C23H21NO5. The third-order valence-corrected chi connectivity index (χ3v) is 4.82. The molecule has 1 atom stereocenters. The fourth-order valence-electron chi connectivity index (χ4n) is 3.56. The van der Waals surface area contributed by atoms with Crippen LogP contribution in [0.15, 0.2) is 60.3 Å². The standard InChI is InChI=1S/C23H21NO5/c1-3-27-21-12-10-16(13-22(21)28-4-2)23-19(24(25)26)14-18-17-8-6-5-7-15(17)9-11-20(18)29-23/h5-14,23H,3-4H2,1-2H3/t23-/m0/s1. The third kappa shape index (κ3) is 3.49. The van der Waals surface area contributed by atoms with Crippen LogP contribution in [0.5, 0.6) is 17.2 Å². The van der Waals surface area contributed by atoms with Crippen LogP contribution in [0, 0.1) is 10.1 Å². The summed E-state index contributed by atoms with van der Waals surface area (Å²) >= 11 is 0. The van der Waals surface area contributed by atoms with Gasteiger partial charge in [0, 0.05) is 17.2 Å². The van der Waals surface area contributed by atoms with Gasteiger partial charge in [0.05, 0.1) is 18.1 Å². The van der Waals surface area contributed by atoms with Crippen molar-refractivity contribution in [3.05, 3.63) is 81.5 Å². The molecule has 1 aliphatic heterocycles. The van der Waals surface area contributed by atoms with Crippen LogP contribution in [0.1, 0.15) is 31.1 Å². The summed E-state index contributed by atoms with van der Waals surface area (Å²) in [6.45, 7) is 4.73. The van der Waals surface area contributed by atoms with Crippen molar-refractivity contribution >= 4 is 16.8 Å². The van der Waals surface area contributed by atoms with Crippen LogP contribution in [-0.4, -0.2) is 18.1 Å². The normalized spacial score (nSPS) is 15.2. The maximum Gasteiger partial charge on any atom is 0.291 e. The quantitative estimate of drug-likeness (QED) is 0.416. The van der Waals surface area contributed by atoms with E-state index in [0.29, 0.717) is 36.0 Å². The molecule has 6 heteroatoms. The second-order valence-electron chi connectivity index (χ2n) is 6.59. The highest BCUT2D eigenvalue weighted by Gasteiger charge is 2.34. The molecule has 0 saturated heterocycles. The molecule has 6 nitrogen and oxygen atoms in total. The van der Waals surface area contributed by atoms with E-state index in [0.717, 1.165) is 16.3 Å². The SMILES string of the molecule is CCOc1ccc([C@@H]2Oc3ccc4ccccc4c3C=C2[N+](=O)[O-])cc1OCC. The smallest absolute Gasteiger partial charge is 0.291 e. The number of hydrogen-bond acceptors (Lipinski definition) is 5. The summed E-state index contributed by atoms with van der Waals surface area (Å²) in [5.41, 5.74) is 1.35. The molecule has 0 bridgehead atoms. The first-order chi connectivity index (χ1) is 14.1. The first-order valence-corrected chi connectivity index (χ1v) is 9.56. The van der Waals surface area contributed by atoms with Crippen molar-refractivity contribution in [3.8, 4) is 17.2 Å². The zero-order valence-corrected chi connectivity index (χ0v) is 16.3. The van der Waals surface area contributed by atoms with E-state index in [4.69, 9.17) is 14.2 Å². The summed E-state index contributed by atoms with van der Waals surface area (Å²) < 4.78 is 17.4. The van der Waals surface area contributed by atoms with Gasteiger partial charge in [0.2, 0.25) is 6.10 Å². The summed E-state index contributed by atoms with van der Waals surface area (Å²) in [6, 6.07) is 16.9. The Morgan fingerprint density at radius 1 is 1.00 bits per heavy atom. The maximum atomic E-state index is 11.9. The maximum absolute atomic E-state index is 11.9. The minimum Gasteiger partial charge on any atom is -0.490 e. The number of hydrogen-bond donors (Lipinski definition) is 0. The molecule has 0 aliphatic carbocycles. The van der Waals surface area contributed by atoms with Crippen molar-refractivity contribution < 1.29 is 19.1 Å². The summed E-state index contributed by atoms with van der Waals surface area (Å²) in [5.74, 6) is 1.76. The fraction of sp³-hybridized carbons (Fsp3) is 0.217. The lowest BCUT2D eigenvalue weighted by Gasteiger charge is -2.24. The molecule has 148 valence electrons.